The van der Waals surface area contributed by atoms with Crippen LogP contribution in [0.4, 0.5) is 0 Å². The van der Waals surface area contributed by atoms with Crippen LogP contribution in [0.5, 0.6) is 5.75 Å². The molecule has 1 amide bonds. The van der Waals surface area contributed by atoms with Gasteiger partial charge in [-0.05, 0) is 101 Å². The second-order valence-electron chi connectivity index (χ2n) is 12.4. The number of carbonyl (C=O) groups excluding carboxylic acids is 1. The van der Waals surface area contributed by atoms with Crippen molar-refractivity contribution in [1.29, 1.82) is 0 Å². The minimum Gasteiger partial charge on any atom is -0.494 e. The lowest BCUT2D eigenvalue weighted by atomic mass is 9.98. The van der Waals surface area contributed by atoms with E-state index in [0.29, 0.717) is 48.9 Å². The molecule has 1 N–H and O–H groups in total. The number of hydrogen-bond acceptors (Lipinski definition) is 5. The summed E-state index contributed by atoms with van der Waals surface area (Å²) in [5.74, 6) is -0.262. The van der Waals surface area contributed by atoms with Crippen molar-refractivity contribution in [1.82, 2.24) is 19.2 Å². The van der Waals surface area contributed by atoms with E-state index in [9.17, 15) is 14.7 Å². The first-order valence-corrected chi connectivity index (χ1v) is 16.5. The van der Waals surface area contributed by atoms with Crippen molar-refractivity contribution in [3.05, 3.63) is 91.7 Å². The molecule has 0 fully saturated rings. The molecule has 0 aliphatic carbocycles. The second-order valence-corrected chi connectivity index (χ2v) is 13.2. The fourth-order valence-corrected chi connectivity index (χ4v) is 7.15. The Balaban J connectivity index is 1.44. The van der Waals surface area contributed by atoms with E-state index in [4.69, 9.17) is 32.4 Å². The highest BCUT2D eigenvalue weighted by molar-refractivity contribution is 6.35. The molecule has 9 nitrogen and oxygen atoms in total. The van der Waals surface area contributed by atoms with Gasteiger partial charge in [0.25, 0.3) is 5.91 Å². The Morgan fingerprint density at radius 3 is 2.45 bits per heavy atom. The van der Waals surface area contributed by atoms with Gasteiger partial charge in [0, 0.05) is 46.9 Å². The first-order chi connectivity index (χ1) is 22.4. The van der Waals surface area contributed by atoms with Crippen molar-refractivity contribution in [2.75, 3.05) is 6.61 Å². The number of aromatic nitrogens is 3. The molecule has 1 aliphatic rings. The first kappa shape index (κ1) is 32.7. The number of carboxylic acids is 1. The lowest BCUT2D eigenvalue weighted by Gasteiger charge is -2.26. The average molecular weight is 678 g/mol. The molecule has 47 heavy (non-hydrogen) atoms. The van der Waals surface area contributed by atoms with Gasteiger partial charge in [-0.25, -0.2) is 4.79 Å². The van der Waals surface area contributed by atoms with Crippen molar-refractivity contribution < 1.29 is 23.8 Å². The maximum absolute atomic E-state index is 14.7. The van der Waals surface area contributed by atoms with Crippen LogP contribution >= 0.6 is 23.2 Å². The quantitative estimate of drug-likeness (QED) is 0.158. The van der Waals surface area contributed by atoms with Crippen LogP contribution in [0.15, 0.2) is 40.8 Å². The van der Waals surface area contributed by atoms with E-state index in [1.807, 2.05) is 70.6 Å². The van der Waals surface area contributed by atoms with E-state index in [1.165, 1.54) is 6.07 Å². The lowest BCUT2D eigenvalue weighted by Crippen LogP contribution is -2.37. The van der Waals surface area contributed by atoms with Gasteiger partial charge in [-0.3, -0.25) is 9.48 Å². The molecule has 0 spiro atoms. The number of ether oxygens (including phenoxy) is 1. The number of halogens is 2. The molecule has 11 heteroatoms. The highest BCUT2D eigenvalue weighted by Crippen LogP contribution is 2.43. The van der Waals surface area contributed by atoms with Gasteiger partial charge in [0.1, 0.15) is 17.2 Å². The Morgan fingerprint density at radius 1 is 1.09 bits per heavy atom. The van der Waals surface area contributed by atoms with Crippen LogP contribution in [0.25, 0.3) is 22.0 Å². The number of fused-ring (bicyclic) bond motifs is 3. The largest absolute Gasteiger partial charge is 0.494 e. The van der Waals surface area contributed by atoms with E-state index in [1.54, 1.807) is 11.0 Å². The summed E-state index contributed by atoms with van der Waals surface area (Å²) < 4.78 is 15.7. The van der Waals surface area contributed by atoms with Crippen LogP contribution in [0.2, 0.25) is 10.0 Å². The zero-order chi connectivity index (χ0) is 33.7. The summed E-state index contributed by atoms with van der Waals surface area (Å²) in [6.45, 7) is 11.1. The molecule has 0 saturated carbocycles. The Morgan fingerprint density at radius 2 is 1.81 bits per heavy atom. The van der Waals surface area contributed by atoms with Crippen molar-refractivity contribution in [3.8, 4) is 16.9 Å². The molecule has 0 saturated heterocycles. The first-order valence-electron chi connectivity index (χ1n) is 15.7. The number of carboxylic acid groups (broad SMARTS) is 1. The molecule has 4 heterocycles. The number of rotatable bonds is 9. The molecule has 1 aliphatic heterocycles. The highest BCUT2D eigenvalue weighted by Gasteiger charge is 2.34. The second kappa shape index (κ2) is 12.8. The van der Waals surface area contributed by atoms with Gasteiger partial charge in [-0.15, -0.1) is 0 Å². The molecular weight excluding hydrogens is 639 g/mol. The number of amides is 1. The minimum atomic E-state index is -1.15. The van der Waals surface area contributed by atoms with Crippen LogP contribution in [0, 0.1) is 27.7 Å². The predicted octanol–water partition coefficient (Wildman–Crippen LogP) is 8.32. The topological polar surface area (TPSA) is 103 Å². The number of carbonyl (C=O) groups is 2. The smallest absolute Gasteiger partial charge is 0.371 e. The molecule has 246 valence electrons. The van der Waals surface area contributed by atoms with E-state index in [0.717, 1.165) is 60.9 Å². The predicted molar refractivity (Wildman–Crippen MR) is 183 cm³/mol. The van der Waals surface area contributed by atoms with Gasteiger partial charge < -0.3 is 23.7 Å². The molecule has 0 radical (unpaired) electrons. The normalized spacial score (nSPS) is 14.9. The Bertz CT molecular complexity index is 2020. The SMILES string of the molecule is Cc1cc(OCCCc2c3n(c4c(-c5c(C)nn(C)c5C)c(Cl)ccc24)CCC(C)N(Cc2ccc(C(=O)O)o2)C3=O)cc(C)c1Cl. The van der Waals surface area contributed by atoms with Gasteiger partial charge in [0.15, 0.2) is 0 Å². The van der Waals surface area contributed by atoms with Crippen molar-refractivity contribution in [3.63, 3.8) is 0 Å². The molecule has 1 unspecified atom stereocenters. The van der Waals surface area contributed by atoms with Crippen molar-refractivity contribution in [2.24, 2.45) is 7.05 Å². The highest BCUT2D eigenvalue weighted by atomic mass is 35.5. The van der Waals surface area contributed by atoms with Crippen molar-refractivity contribution in [2.45, 2.75) is 73.0 Å². The molecule has 5 aromatic rings. The molecule has 2 aromatic carbocycles. The van der Waals surface area contributed by atoms with Crippen LogP contribution in [-0.2, 0) is 26.6 Å². The maximum Gasteiger partial charge on any atom is 0.371 e. The third-order valence-electron chi connectivity index (χ3n) is 9.25. The van der Waals surface area contributed by atoms with E-state index < -0.39 is 5.97 Å². The summed E-state index contributed by atoms with van der Waals surface area (Å²) in [6, 6.07) is 10.7. The van der Waals surface area contributed by atoms with Gasteiger partial charge >= 0.3 is 5.97 Å². The molecular formula is C36H38Cl2N4O5. The van der Waals surface area contributed by atoms with E-state index >= 15 is 0 Å². The number of hydrogen-bond donors (Lipinski definition) is 1. The summed E-state index contributed by atoms with van der Waals surface area (Å²) >= 11 is 13.4. The monoisotopic (exact) mass is 676 g/mol. The van der Waals surface area contributed by atoms with Gasteiger partial charge in [0.05, 0.1) is 29.4 Å². The standard InChI is InChI=1S/C36H38Cl2N4O5/c1-19-16-25(17-20(2)32(19)38)46-15-7-8-26-27-10-11-28(37)31(30-22(4)39-40(6)23(30)5)33(27)41-14-13-21(3)42(35(43)34(26)41)18-24-9-12-29(47-24)36(44)45/h9-12,16-17,21H,7-8,13-15,18H2,1-6H3,(H,44,45). The summed E-state index contributed by atoms with van der Waals surface area (Å²) in [5.41, 5.74) is 8.05. The third kappa shape index (κ3) is 5.91. The summed E-state index contributed by atoms with van der Waals surface area (Å²) in [4.78, 5) is 27.9. The number of aryl methyl sites for hydroxylation is 6. The van der Waals surface area contributed by atoms with E-state index in [-0.39, 0.29) is 24.3 Å². The van der Waals surface area contributed by atoms with Crippen LogP contribution in [0.3, 0.4) is 0 Å². The van der Waals surface area contributed by atoms with Gasteiger partial charge in [-0.1, -0.05) is 29.3 Å². The van der Waals surface area contributed by atoms with Gasteiger partial charge in [-0.2, -0.15) is 5.10 Å². The molecule has 6 rings (SSSR count). The number of furan rings is 1. The summed E-state index contributed by atoms with van der Waals surface area (Å²) in [7, 11) is 1.92. The third-order valence-corrected chi connectivity index (χ3v) is 10.2. The average Bonchev–Trinajstić information content (AvgIpc) is 3.67. The number of aromatic carboxylic acids is 1. The van der Waals surface area contributed by atoms with Gasteiger partial charge in [0.2, 0.25) is 5.76 Å². The fraction of sp³-hybridized carbons (Fsp3) is 0.361. The van der Waals surface area contributed by atoms with Crippen LogP contribution in [0.1, 0.15) is 74.6 Å². The van der Waals surface area contributed by atoms with Crippen molar-refractivity contribution >= 4 is 46.0 Å². The molecule has 0 bridgehead atoms. The molecule has 3 aromatic heterocycles. The minimum absolute atomic E-state index is 0.132. The Hall–Kier alpha value is -4.21. The number of nitrogens with zero attached hydrogens (tertiary/aromatic N) is 4. The Kier molecular flexibility index (Phi) is 8.89. The zero-order valence-corrected chi connectivity index (χ0v) is 28.9. The van der Waals surface area contributed by atoms with Crippen LogP contribution in [-0.4, -0.2) is 48.9 Å². The summed E-state index contributed by atoms with van der Waals surface area (Å²) in [6.07, 6.45) is 1.94. The zero-order valence-electron chi connectivity index (χ0n) is 27.4. The maximum atomic E-state index is 14.7. The van der Waals surface area contributed by atoms with Crippen LogP contribution < -0.4 is 4.74 Å². The summed E-state index contributed by atoms with van der Waals surface area (Å²) in [5, 5.41) is 16.4. The fourth-order valence-electron chi connectivity index (χ4n) is 6.80. The van der Waals surface area contributed by atoms with E-state index in [2.05, 4.69) is 9.67 Å². The lowest BCUT2D eigenvalue weighted by molar-refractivity contribution is 0.0641. The number of benzene rings is 2. The molecule has 1 atom stereocenters. The Labute approximate surface area is 283 Å².